The fourth-order valence-corrected chi connectivity index (χ4v) is 4.78. The fraction of sp³-hybridized carbons (Fsp3) is 0.185. The van der Waals surface area contributed by atoms with E-state index in [1.165, 1.54) is 24.3 Å². The maximum atomic E-state index is 12.4. The molecule has 1 atom stereocenters. The van der Waals surface area contributed by atoms with Gasteiger partial charge < -0.3 is 20.3 Å². The summed E-state index contributed by atoms with van der Waals surface area (Å²) >= 11 is 0. The number of rotatable bonds is 5. The Balaban J connectivity index is 1.63. The van der Waals surface area contributed by atoms with Gasteiger partial charge in [0.25, 0.3) is 5.91 Å². The van der Waals surface area contributed by atoms with Crippen LogP contribution < -0.4 is 11.2 Å². The molecule has 0 unspecified atom stereocenters. The second-order valence-corrected chi connectivity index (χ2v) is 8.82. The van der Waals surface area contributed by atoms with Crippen LogP contribution in [0.5, 0.6) is 5.75 Å². The molecule has 0 saturated carbocycles. The Kier molecular flexibility index (Phi) is 5.89. The van der Waals surface area contributed by atoms with Gasteiger partial charge in [-0.3, -0.25) is 19.1 Å². The van der Waals surface area contributed by atoms with Gasteiger partial charge in [-0.15, -0.1) is 0 Å². The van der Waals surface area contributed by atoms with Crippen molar-refractivity contribution in [3.63, 3.8) is 0 Å². The lowest BCUT2D eigenvalue weighted by Crippen LogP contribution is -2.40. The summed E-state index contributed by atoms with van der Waals surface area (Å²) in [6.07, 6.45) is 6.22. The van der Waals surface area contributed by atoms with E-state index in [-0.39, 0.29) is 28.7 Å². The molecule has 1 aliphatic rings. The second-order valence-electron chi connectivity index (χ2n) is 8.82. The number of primary amides is 1. The molecule has 0 radical (unpaired) electrons. The van der Waals surface area contributed by atoms with Gasteiger partial charge in [0.2, 0.25) is 5.91 Å². The number of hydrogen-bond acceptors (Lipinski definition) is 5. The average molecular weight is 484 g/mol. The molecule has 9 nitrogen and oxygen atoms in total. The van der Waals surface area contributed by atoms with Crippen LogP contribution in [-0.2, 0) is 4.79 Å². The van der Waals surface area contributed by atoms with E-state index in [4.69, 9.17) is 10.8 Å². The molecule has 2 aromatic carbocycles. The van der Waals surface area contributed by atoms with E-state index in [1.807, 2.05) is 28.8 Å². The Morgan fingerprint density at radius 3 is 2.50 bits per heavy atom. The molecule has 0 aliphatic carbocycles. The molecule has 36 heavy (non-hydrogen) atoms. The third kappa shape index (κ3) is 4.15. The number of pyridine rings is 1. The summed E-state index contributed by atoms with van der Waals surface area (Å²) < 4.78 is 3.59. The Morgan fingerprint density at radius 2 is 1.83 bits per heavy atom. The first kappa shape index (κ1) is 23.1. The van der Waals surface area contributed by atoms with Crippen molar-refractivity contribution in [2.24, 2.45) is 5.73 Å². The Labute approximate surface area is 206 Å². The van der Waals surface area contributed by atoms with Crippen molar-refractivity contribution in [2.75, 3.05) is 13.1 Å². The maximum Gasteiger partial charge on any atom is 0.251 e. The van der Waals surface area contributed by atoms with Crippen LogP contribution in [-0.4, -0.2) is 49.3 Å². The number of benzene rings is 2. The number of amides is 2. The second kappa shape index (κ2) is 9.18. The minimum absolute atomic E-state index is 0.0685. The molecule has 1 fully saturated rings. The van der Waals surface area contributed by atoms with Crippen LogP contribution in [0.25, 0.3) is 27.8 Å². The zero-order valence-corrected chi connectivity index (χ0v) is 19.5. The molecule has 2 aromatic heterocycles. The first-order chi connectivity index (χ1) is 17.4. The molecule has 9 heteroatoms. The summed E-state index contributed by atoms with van der Waals surface area (Å²) in [7, 11) is 0. The Morgan fingerprint density at radius 1 is 1.11 bits per heavy atom. The normalized spacial score (nSPS) is 15.7. The van der Waals surface area contributed by atoms with Gasteiger partial charge in [-0.2, -0.15) is 5.10 Å². The van der Waals surface area contributed by atoms with Gasteiger partial charge in [-0.25, -0.2) is 0 Å². The third-order valence-electron chi connectivity index (χ3n) is 6.52. The Bertz CT molecular complexity index is 1530. The minimum atomic E-state index is -0.674. The minimum Gasteiger partial charge on any atom is -0.508 e. The van der Waals surface area contributed by atoms with Gasteiger partial charge in [0.05, 0.1) is 17.1 Å². The van der Waals surface area contributed by atoms with Crippen molar-refractivity contribution in [2.45, 2.75) is 18.9 Å². The van der Waals surface area contributed by atoms with Gasteiger partial charge in [-0.05, 0) is 43.2 Å². The average Bonchev–Trinajstić information content (AvgIpc) is 3.27. The largest absolute Gasteiger partial charge is 0.508 e. The number of aromatic nitrogens is 3. The zero-order chi connectivity index (χ0) is 25.4. The number of nitrogens with two attached hydrogens (primary N) is 1. The molecule has 3 N–H and O–H groups in total. The van der Waals surface area contributed by atoms with E-state index in [0.717, 1.165) is 24.1 Å². The maximum absolute atomic E-state index is 12.4. The number of phenolic OH excluding ortho intramolecular Hbond substituents is 1. The highest BCUT2D eigenvalue weighted by atomic mass is 16.3. The lowest BCUT2D eigenvalue weighted by atomic mass is 10.0. The van der Waals surface area contributed by atoms with Gasteiger partial charge in [0.15, 0.2) is 5.43 Å². The summed E-state index contributed by atoms with van der Waals surface area (Å²) in [5, 5.41) is 15.9. The molecular formula is C27H25N5O4. The number of hydrogen-bond donors (Lipinski definition) is 2. The van der Waals surface area contributed by atoms with Gasteiger partial charge >= 0.3 is 0 Å². The van der Waals surface area contributed by atoms with Crippen molar-refractivity contribution in [1.29, 1.82) is 0 Å². The summed E-state index contributed by atoms with van der Waals surface area (Å²) in [5.41, 5.74) is 8.54. The summed E-state index contributed by atoms with van der Waals surface area (Å²) in [5.74, 6) is -0.914. The SMILES string of the molecule is C=CC(=O)N1CCC[C@@H](n2nc(-c3ccc(-n4ccc(=O)cc4)cc3)c3cc(O)cc(C(N)=O)c32)C1. The lowest BCUT2D eigenvalue weighted by molar-refractivity contribution is -0.127. The van der Waals surface area contributed by atoms with E-state index in [0.29, 0.717) is 29.7 Å². The molecule has 3 heterocycles. The monoisotopic (exact) mass is 483 g/mol. The van der Waals surface area contributed by atoms with Gasteiger partial charge in [0, 0.05) is 54.3 Å². The number of fused-ring (bicyclic) bond motifs is 1. The predicted molar refractivity (Wildman–Crippen MR) is 136 cm³/mol. The molecule has 1 saturated heterocycles. The number of phenols is 1. The van der Waals surface area contributed by atoms with E-state index in [1.54, 1.807) is 28.0 Å². The summed E-state index contributed by atoms with van der Waals surface area (Å²) in [6, 6.07) is 13.3. The zero-order valence-electron chi connectivity index (χ0n) is 19.5. The molecule has 5 rings (SSSR count). The molecule has 0 bridgehead atoms. The van der Waals surface area contributed by atoms with E-state index in [2.05, 4.69) is 6.58 Å². The van der Waals surface area contributed by atoms with Crippen LogP contribution in [0.1, 0.15) is 29.2 Å². The number of piperidine rings is 1. The quantitative estimate of drug-likeness (QED) is 0.423. The van der Waals surface area contributed by atoms with E-state index < -0.39 is 5.91 Å². The first-order valence-electron chi connectivity index (χ1n) is 11.6. The van der Waals surface area contributed by atoms with Crippen LogP contribution in [0.15, 0.2) is 78.4 Å². The highest BCUT2D eigenvalue weighted by Crippen LogP contribution is 2.36. The molecule has 182 valence electrons. The Hall–Kier alpha value is -4.66. The molecule has 1 aliphatic heterocycles. The number of carbonyl (C=O) groups excluding carboxylic acids is 2. The molecule has 0 spiro atoms. The molecular weight excluding hydrogens is 458 g/mol. The van der Waals surface area contributed by atoms with Crippen molar-refractivity contribution in [1.82, 2.24) is 19.2 Å². The van der Waals surface area contributed by atoms with Crippen LogP contribution in [0, 0.1) is 0 Å². The van der Waals surface area contributed by atoms with Crippen molar-refractivity contribution in [3.8, 4) is 22.7 Å². The first-order valence-corrected chi connectivity index (χ1v) is 11.6. The van der Waals surface area contributed by atoms with Crippen molar-refractivity contribution >= 4 is 22.7 Å². The van der Waals surface area contributed by atoms with Gasteiger partial charge in [0.1, 0.15) is 11.4 Å². The third-order valence-corrected chi connectivity index (χ3v) is 6.52. The number of nitrogens with zero attached hydrogens (tertiary/aromatic N) is 4. The fourth-order valence-electron chi connectivity index (χ4n) is 4.78. The topological polar surface area (TPSA) is 123 Å². The summed E-state index contributed by atoms with van der Waals surface area (Å²) in [4.78, 5) is 37.8. The van der Waals surface area contributed by atoms with Crippen LogP contribution in [0.2, 0.25) is 0 Å². The van der Waals surface area contributed by atoms with Crippen molar-refractivity contribution in [3.05, 3.63) is 89.4 Å². The summed E-state index contributed by atoms with van der Waals surface area (Å²) in [6.45, 7) is 4.64. The predicted octanol–water partition coefficient (Wildman–Crippen LogP) is 3.01. The van der Waals surface area contributed by atoms with Crippen molar-refractivity contribution < 1.29 is 14.7 Å². The van der Waals surface area contributed by atoms with E-state index >= 15 is 0 Å². The number of likely N-dealkylation sites (tertiary alicyclic amines) is 1. The van der Waals surface area contributed by atoms with Crippen LogP contribution >= 0.6 is 0 Å². The number of carbonyl (C=O) groups is 2. The van der Waals surface area contributed by atoms with E-state index in [9.17, 15) is 19.5 Å². The van der Waals surface area contributed by atoms with Gasteiger partial charge in [-0.1, -0.05) is 18.7 Å². The highest BCUT2D eigenvalue weighted by Gasteiger charge is 2.28. The number of aromatic hydroxyl groups is 1. The van der Waals surface area contributed by atoms with Crippen LogP contribution in [0.4, 0.5) is 0 Å². The lowest BCUT2D eigenvalue weighted by Gasteiger charge is -2.32. The molecule has 4 aromatic rings. The highest BCUT2D eigenvalue weighted by molar-refractivity contribution is 6.09. The van der Waals surface area contributed by atoms with Crippen LogP contribution in [0.3, 0.4) is 0 Å². The smallest absolute Gasteiger partial charge is 0.251 e. The standard InChI is InChI=1S/C27H25N5O4/c1-2-24(35)31-11-3-4-19(16-31)32-26-22(14-21(34)15-23(26)27(28)36)25(29-32)17-5-7-18(8-6-17)30-12-9-20(33)10-13-30/h2,5-10,12-15,19,34H,1,3-4,11,16H2,(H2,28,36)/t19-/m1/s1. The molecule has 2 amide bonds.